The molecule has 1 unspecified atom stereocenters. The molecule has 0 spiro atoms. The zero-order chi connectivity index (χ0) is 17.0. The molecule has 23 heavy (non-hydrogen) atoms. The fourth-order valence-electron chi connectivity index (χ4n) is 2.54. The van der Waals surface area contributed by atoms with Crippen molar-refractivity contribution < 1.29 is 9.47 Å². The van der Waals surface area contributed by atoms with Gasteiger partial charge in [-0.1, -0.05) is 0 Å². The number of nitriles is 2. The Balaban J connectivity index is 2.72. The molecule has 0 saturated heterocycles. The highest BCUT2D eigenvalue weighted by atomic mass is 16.5. The number of nitrogens with zero attached hydrogens (tertiary/aromatic N) is 2. The van der Waals surface area contributed by atoms with Crippen LogP contribution in [-0.2, 0) is 0 Å². The molecule has 0 radical (unpaired) electrons. The summed E-state index contributed by atoms with van der Waals surface area (Å²) >= 11 is 0. The second kappa shape index (κ2) is 6.71. The van der Waals surface area contributed by atoms with Crippen LogP contribution in [-0.4, -0.2) is 24.4 Å². The minimum absolute atomic E-state index is 0.355. The molecular formula is C16H16N4O3. The molecule has 0 fully saturated rings. The van der Waals surface area contributed by atoms with E-state index in [9.17, 15) is 15.3 Å². The van der Waals surface area contributed by atoms with Crippen molar-refractivity contribution in [2.45, 2.75) is 12.8 Å². The molecule has 0 aliphatic carbocycles. The van der Waals surface area contributed by atoms with E-state index in [4.69, 9.17) is 9.47 Å². The third-order valence-electron chi connectivity index (χ3n) is 3.67. The number of hydrogen-bond acceptors (Lipinski definition) is 5. The van der Waals surface area contributed by atoms with E-state index in [2.05, 4.69) is 10.2 Å². The van der Waals surface area contributed by atoms with Crippen LogP contribution >= 0.6 is 0 Å². The molecule has 0 aliphatic heterocycles. The monoisotopic (exact) mass is 312 g/mol. The fourth-order valence-corrected chi connectivity index (χ4v) is 2.54. The van der Waals surface area contributed by atoms with Crippen molar-refractivity contribution in [1.29, 1.82) is 10.5 Å². The van der Waals surface area contributed by atoms with Gasteiger partial charge in [0.1, 0.15) is 17.4 Å². The Morgan fingerprint density at radius 3 is 2.00 bits per heavy atom. The van der Waals surface area contributed by atoms with Gasteiger partial charge in [0, 0.05) is 23.2 Å². The normalized spacial score (nSPS) is 11.6. The predicted molar refractivity (Wildman–Crippen MR) is 82.3 cm³/mol. The molecule has 2 rings (SSSR count). The van der Waals surface area contributed by atoms with Crippen LogP contribution in [0.15, 0.2) is 23.0 Å². The lowest BCUT2D eigenvalue weighted by Gasteiger charge is -2.18. The first-order valence-corrected chi connectivity index (χ1v) is 6.85. The third kappa shape index (κ3) is 3.04. The summed E-state index contributed by atoms with van der Waals surface area (Å²) in [5.74, 6) is -0.710. The molecule has 1 aromatic heterocycles. The standard InChI is InChI=1S/C16H16N4O3/c1-9-14(16(21)20-19-9)15(11(7-17)8-18)10-4-12(22-2)6-13(5-10)23-3/h4-6,11,15H,1-3H3,(H2,19,20,21). The quantitative estimate of drug-likeness (QED) is 0.874. The summed E-state index contributed by atoms with van der Waals surface area (Å²) in [7, 11) is 3.02. The maximum absolute atomic E-state index is 12.1. The lowest BCUT2D eigenvalue weighted by Crippen LogP contribution is -2.19. The van der Waals surface area contributed by atoms with Gasteiger partial charge in [0.05, 0.1) is 26.4 Å². The molecule has 7 heteroatoms. The van der Waals surface area contributed by atoms with Crippen molar-refractivity contribution in [2.24, 2.45) is 5.92 Å². The smallest absolute Gasteiger partial charge is 0.268 e. The molecule has 118 valence electrons. The van der Waals surface area contributed by atoms with Crippen LogP contribution in [0.25, 0.3) is 0 Å². The van der Waals surface area contributed by atoms with Crippen LogP contribution in [0.3, 0.4) is 0 Å². The van der Waals surface area contributed by atoms with Crippen molar-refractivity contribution in [3.63, 3.8) is 0 Å². The first-order valence-electron chi connectivity index (χ1n) is 6.85. The summed E-state index contributed by atoms with van der Waals surface area (Å²) in [4.78, 5) is 12.1. The lowest BCUT2D eigenvalue weighted by atomic mass is 9.82. The van der Waals surface area contributed by atoms with Gasteiger partial charge in [0.2, 0.25) is 0 Å². The Labute approximate surface area is 133 Å². The van der Waals surface area contributed by atoms with Gasteiger partial charge in [-0.2, -0.15) is 10.5 Å². The Kier molecular flexibility index (Phi) is 4.72. The fraction of sp³-hybridized carbons (Fsp3) is 0.312. The predicted octanol–water partition coefficient (Wildman–Crippen LogP) is 1.82. The van der Waals surface area contributed by atoms with E-state index < -0.39 is 11.8 Å². The zero-order valence-corrected chi connectivity index (χ0v) is 13.0. The topological polar surface area (TPSA) is 115 Å². The average Bonchev–Trinajstić information content (AvgIpc) is 2.90. The first kappa shape index (κ1) is 16.2. The van der Waals surface area contributed by atoms with Gasteiger partial charge in [-0.3, -0.25) is 9.89 Å². The number of H-pyrrole nitrogens is 2. The molecule has 1 heterocycles. The Bertz CT molecular complexity index is 802. The minimum Gasteiger partial charge on any atom is -0.497 e. The van der Waals surface area contributed by atoms with E-state index in [0.29, 0.717) is 28.3 Å². The van der Waals surface area contributed by atoms with Gasteiger partial charge < -0.3 is 14.6 Å². The molecule has 1 aromatic carbocycles. The summed E-state index contributed by atoms with van der Waals surface area (Å²) < 4.78 is 10.5. The van der Waals surface area contributed by atoms with Gasteiger partial charge in [-0.15, -0.1) is 0 Å². The number of aryl methyl sites for hydroxylation is 1. The SMILES string of the molecule is COc1cc(OC)cc(C(c2c(C)[nH][nH]c2=O)C(C#N)C#N)c1. The maximum atomic E-state index is 12.1. The second-order valence-electron chi connectivity index (χ2n) is 4.98. The number of aromatic amines is 2. The third-order valence-corrected chi connectivity index (χ3v) is 3.67. The molecule has 0 saturated carbocycles. The zero-order valence-electron chi connectivity index (χ0n) is 13.0. The van der Waals surface area contributed by atoms with Crippen LogP contribution in [0.4, 0.5) is 0 Å². The van der Waals surface area contributed by atoms with Crippen molar-refractivity contribution in [3.8, 4) is 23.6 Å². The van der Waals surface area contributed by atoms with Crippen LogP contribution < -0.4 is 15.0 Å². The van der Waals surface area contributed by atoms with E-state index in [1.807, 2.05) is 12.1 Å². The largest absolute Gasteiger partial charge is 0.497 e. The average molecular weight is 312 g/mol. The van der Waals surface area contributed by atoms with Gasteiger partial charge in [-0.25, -0.2) is 0 Å². The number of hydrogen-bond donors (Lipinski definition) is 2. The Morgan fingerprint density at radius 2 is 1.61 bits per heavy atom. The summed E-state index contributed by atoms with van der Waals surface area (Å²) in [6.07, 6.45) is 0. The highest BCUT2D eigenvalue weighted by molar-refractivity contribution is 5.45. The number of methoxy groups -OCH3 is 2. The minimum atomic E-state index is -1.03. The van der Waals surface area contributed by atoms with Gasteiger partial charge in [0.15, 0.2) is 0 Å². The highest BCUT2D eigenvalue weighted by Crippen LogP contribution is 2.35. The number of aromatic nitrogens is 2. The second-order valence-corrected chi connectivity index (χ2v) is 4.98. The van der Waals surface area contributed by atoms with E-state index in [-0.39, 0.29) is 5.56 Å². The van der Waals surface area contributed by atoms with Crippen LogP contribution in [0.1, 0.15) is 22.7 Å². The van der Waals surface area contributed by atoms with E-state index in [1.165, 1.54) is 14.2 Å². The summed E-state index contributed by atoms with van der Waals surface area (Å²) in [6.45, 7) is 1.71. The molecule has 7 nitrogen and oxygen atoms in total. The van der Waals surface area contributed by atoms with E-state index in [1.54, 1.807) is 25.1 Å². The summed E-state index contributed by atoms with van der Waals surface area (Å²) in [6, 6.07) is 8.99. The van der Waals surface area contributed by atoms with E-state index >= 15 is 0 Å². The lowest BCUT2D eigenvalue weighted by molar-refractivity contribution is 0.392. The van der Waals surface area contributed by atoms with E-state index in [0.717, 1.165) is 0 Å². The number of rotatable bonds is 5. The van der Waals surface area contributed by atoms with Crippen molar-refractivity contribution in [1.82, 2.24) is 10.2 Å². The van der Waals surface area contributed by atoms with Crippen LogP contribution in [0, 0.1) is 35.5 Å². The van der Waals surface area contributed by atoms with Gasteiger partial charge >= 0.3 is 0 Å². The van der Waals surface area contributed by atoms with Crippen LogP contribution in [0.2, 0.25) is 0 Å². The molecule has 2 aromatic rings. The summed E-state index contributed by atoms with van der Waals surface area (Å²) in [5.41, 5.74) is 1.18. The molecule has 0 aliphatic rings. The van der Waals surface area contributed by atoms with Crippen molar-refractivity contribution >= 4 is 0 Å². The first-order chi connectivity index (χ1) is 11.0. The molecular weight excluding hydrogens is 296 g/mol. The molecule has 2 N–H and O–H groups in total. The number of nitrogens with one attached hydrogen (secondary N) is 2. The molecule has 0 bridgehead atoms. The van der Waals surface area contributed by atoms with Gasteiger partial charge in [-0.05, 0) is 24.6 Å². The molecule has 1 atom stereocenters. The maximum Gasteiger partial charge on any atom is 0.268 e. The van der Waals surface area contributed by atoms with Gasteiger partial charge in [0.25, 0.3) is 5.56 Å². The van der Waals surface area contributed by atoms with Crippen molar-refractivity contribution in [2.75, 3.05) is 14.2 Å². The Morgan fingerprint density at radius 1 is 1.04 bits per heavy atom. The highest BCUT2D eigenvalue weighted by Gasteiger charge is 2.30. The number of benzene rings is 1. The Hall–Kier alpha value is -3.19. The van der Waals surface area contributed by atoms with Crippen molar-refractivity contribution in [3.05, 3.63) is 45.4 Å². The number of ether oxygens (including phenoxy) is 2. The molecule has 0 amide bonds. The van der Waals surface area contributed by atoms with Crippen LogP contribution in [0.5, 0.6) is 11.5 Å². The summed E-state index contributed by atoms with van der Waals surface area (Å²) in [5, 5.41) is 23.9.